The number of amides is 1. The summed E-state index contributed by atoms with van der Waals surface area (Å²) in [5.41, 5.74) is 0.741. The molecule has 0 heterocycles. The van der Waals surface area contributed by atoms with E-state index in [2.05, 4.69) is 27.9 Å². The van der Waals surface area contributed by atoms with Gasteiger partial charge in [0, 0.05) is 15.8 Å². The topological polar surface area (TPSA) is 69.6 Å². The first-order valence-corrected chi connectivity index (χ1v) is 6.93. The Morgan fingerprint density at radius 2 is 1.95 bits per heavy atom. The van der Waals surface area contributed by atoms with Gasteiger partial charge < -0.3 is 10.4 Å². The number of halogens is 1. The van der Waals surface area contributed by atoms with Crippen LogP contribution in [0.15, 0.2) is 24.3 Å². The predicted octanol–water partition coefficient (Wildman–Crippen LogP) is 1.88. The smallest absolute Gasteiger partial charge is 0.307 e. The fourth-order valence-electron chi connectivity index (χ4n) is 1.59. The lowest BCUT2D eigenvalue weighted by atomic mass is 10.2. The van der Waals surface area contributed by atoms with Crippen LogP contribution in [-0.2, 0) is 9.59 Å². The second-order valence-electron chi connectivity index (χ2n) is 4.49. The molecule has 0 fully saturated rings. The number of anilines is 1. The first-order valence-electron chi connectivity index (χ1n) is 5.85. The van der Waals surface area contributed by atoms with Crippen molar-refractivity contribution in [3.05, 3.63) is 27.8 Å². The van der Waals surface area contributed by atoms with E-state index >= 15 is 0 Å². The summed E-state index contributed by atoms with van der Waals surface area (Å²) in [6, 6.07) is 7.48. The molecule has 0 aliphatic rings. The van der Waals surface area contributed by atoms with Gasteiger partial charge in [0.25, 0.3) is 0 Å². The molecule has 1 aromatic rings. The highest BCUT2D eigenvalue weighted by Crippen LogP contribution is 2.11. The van der Waals surface area contributed by atoms with E-state index in [9.17, 15) is 9.59 Å². The van der Waals surface area contributed by atoms with Crippen molar-refractivity contribution >= 4 is 40.2 Å². The Morgan fingerprint density at radius 3 is 2.47 bits per heavy atom. The van der Waals surface area contributed by atoms with E-state index in [4.69, 9.17) is 5.11 Å². The molecule has 0 radical (unpaired) electrons. The number of carbonyl (C=O) groups excluding carboxylic acids is 1. The first kappa shape index (κ1) is 15.9. The van der Waals surface area contributed by atoms with Crippen LogP contribution >= 0.6 is 22.6 Å². The zero-order chi connectivity index (χ0) is 14.4. The number of carboxylic acids is 1. The van der Waals surface area contributed by atoms with Gasteiger partial charge in [0.15, 0.2) is 0 Å². The van der Waals surface area contributed by atoms with E-state index in [0.717, 1.165) is 9.26 Å². The normalized spacial score (nSPS) is 12.2. The quantitative estimate of drug-likeness (QED) is 0.744. The standard InChI is InChI=1S/C13H17IN2O3/c1-9(13(18)19)7-16(2)8-12(17)15-11-5-3-10(14)4-6-11/h3-6,9H,7-8H2,1-2H3,(H,15,17)(H,18,19). The van der Waals surface area contributed by atoms with Crippen molar-refractivity contribution in [2.45, 2.75) is 6.92 Å². The summed E-state index contributed by atoms with van der Waals surface area (Å²) >= 11 is 2.19. The van der Waals surface area contributed by atoms with Crippen LogP contribution in [0.2, 0.25) is 0 Å². The Balaban J connectivity index is 2.42. The number of benzene rings is 1. The highest BCUT2D eigenvalue weighted by atomic mass is 127. The van der Waals surface area contributed by atoms with Crippen molar-refractivity contribution in [3.63, 3.8) is 0 Å². The second kappa shape index (κ2) is 7.44. The number of nitrogens with zero attached hydrogens (tertiary/aromatic N) is 1. The molecule has 104 valence electrons. The van der Waals surface area contributed by atoms with Crippen molar-refractivity contribution in [1.82, 2.24) is 4.90 Å². The van der Waals surface area contributed by atoms with Gasteiger partial charge in [-0.3, -0.25) is 14.5 Å². The van der Waals surface area contributed by atoms with E-state index in [0.29, 0.717) is 6.54 Å². The summed E-state index contributed by atoms with van der Waals surface area (Å²) in [5, 5.41) is 11.6. The predicted molar refractivity (Wildman–Crippen MR) is 82.1 cm³/mol. The number of likely N-dealkylation sites (N-methyl/N-ethyl adjacent to an activating group) is 1. The molecule has 0 saturated heterocycles. The Bertz CT molecular complexity index is 448. The average molecular weight is 376 g/mol. The van der Waals surface area contributed by atoms with Gasteiger partial charge in [0.05, 0.1) is 12.5 Å². The lowest BCUT2D eigenvalue weighted by Gasteiger charge is -2.18. The van der Waals surface area contributed by atoms with Gasteiger partial charge in [-0.15, -0.1) is 0 Å². The molecule has 0 bridgehead atoms. The molecule has 1 unspecified atom stereocenters. The van der Waals surface area contributed by atoms with E-state index in [1.807, 2.05) is 24.3 Å². The maximum atomic E-state index is 11.8. The molecule has 6 heteroatoms. The van der Waals surface area contributed by atoms with Crippen LogP contribution in [0.3, 0.4) is 0 Å². The molecule has 0 spiro atoms. The van der Waals surface area contributed by atoms with Crippen LogP contribution in [0.25, 0.3) is 0 Å². The van der Waals surface area contributed by atoms with Crippen LogP contribution in [0.5, 0.6) is 0 Å². The summed E-state index contributed by atoms with van der Waals surface area (Å²) in [7, 11) is 1.73. The zero-order valence-corrected chi connectivity index (χ0v) is 13.0. The number of aliphatic carboxylic acids is 1. The Hall–Kier alpha value is -1.15. The largest absolute Gasteiger partial charge is 0.481 e. The second-order valence-corrected chi connectivity index (χ2v) is 5.74. The van der Waals surface area contributed by atoms with Crippen molar-refractivity contribution in [1.29, 1.82) is 0 Å². The van der Waals surface area contributed by atoms with Gasteiger partial charge in [0.1, 0.15) is 0 Å². The maximum absolute atomic E-state index is 11.8. The molecule has 1 amide bonds. The van der Waals surface area contributed by atoms with Gasteiger partial charge in [0.2, 0.25) is 5.91 Å². The van der Waals surface area contributed by atoms with Crippen LogP contribution < -0.4 is 5.32 Å². The number of rotatable bonds is 6. The molecule has 1 rings (SSSR count). The highest BCUT2D eigenvalue weighted by Gasteiger charge is 2.15. The third-order valence-electron chi connectivity index (χ3n) is 2.55. The minimum atomic E-state index is -0.857. The number of hydrogen-bond donors (Lipinski definition) is 2. The summed E-state index contributed by atoms with van der Waals surface area (Å²) in [4.78, 5) is 24.2. The Labute approximate surface area is 126 Å². The van der Waals surface area contributed by atoms with Crippen LogP contribution in [0, 0.1) is 9.49 Å². The monoisotopic (exact) mass is 376 g/mol. The molecule has 2 N–H and O–H groups in total. The van der Waals surface area contributed by atoms with E-state index in [-0.39, 0.29) is 12.5 Å². The van der Waals surface area contributed by atoms with Crippen LogP contribution in [0.4, 0.5) is 5.69 Å². The molecular weight excluding hydrogens is 359 g/mol. The average Bonchev–Trinajstić information content (AvgIpc) is 2.31. The van der Waals surface area contributed by atoms with Crippen LogP contribution in [-0.4, -0.2) is 42.0 Å². The SMILES string of the molecule is CC(CN(C)CC(=O)Nc1ccc(I)cc1)C(=O)O. The molecule has 1 atom stereocenters. The molecular formula is C13H17IN2O3. The number of hydrogen-bond acceptors (Lipinski definition) is 3. The number of carboxylic acid groups (broad SMARTS) is 1. The lowest BCUT2D eigenvalue weighted by Crippen LogP contribution is -2.35. The van der Waals surface area contributed by atoms with Gasteiger partial charge in [-0.25, -0.2) is 0 Å². The third-order valence-corrected chi connectivity index (χ3v) is 3.27. The maximum Gasteiger partial charge on any atom is 0.307 e. The minimum Gasteiger partial charge on any atom is -0.481 e. The summed E-state index contributed by atoms with van der Waals surface area (Å²) in [5.74, 6) is -1.50. The fraction of sp³-hybridized carbons (Fsp3) is 0.385. The lowest BCUT2D eigenvalue weighted by molar-refractivity contribution is -0.141. The molecule has 0 aromatic heterocycles. The summed E-state index contributed by atoms with van der Waals surface area (Å²) in [6.07, 6.45) is 0. The van der Waals surface area contributed by atoms with Crippen molar-refractivity contribution in [2.75, 3.05) is 25.5 Å². The van der Waals surface area contributed by atoms with Crippen molar-refractivity contribution < 1.29 is 14.7 Å². The van der Waals surface area contributed by atoms with Gasteiger partial charge in [-0.2, -0.15) is 0 Å². The number of carbonyl (C=O) groups is 2. The van der Waals surface area contributed by atoms with Crippen molar-refractivity contribution in [3.8, 4) is 0 Å². The molecule has 5 nitrogen and oxygen atoms in total. The minimum absolute atomic E-state index is 0.152. The summed E-state index contributed by atoms with van der Waals surface area (Å²) in [6.45, 7) is 2.13. The van der Waals surface area contributed by atoms with E-state index < -0.39 is 11.9 Å². The van der Waals surface area contributed by atoms with Gasteiger partial charge in [-0.05, 0) is 53.9 Å². The fourth-order valence-corrected chi connectivity index (χ4v) is 1.95. The third kappa shape index (κ3) is 6.02. The Kier molecular flexibility index (Phi) is 6.23. The molecule has 0 aliphatic heterocycles. The summed E-state index contributed by atoms with van der Waals surface area (Å²) < 4.78 is 1.10. The molecule has 1 aromatic carbocycles. The highest BCUT2D eigenvalue weighted by molar-refractivity contribution is 14.1. The van der Waals surface area contributed by atoms with Gasteiger partial charge in [-0.1, -0.05) is 6.92 Å². The Morgan fingerprint density at radius 1 is 1.37 bits per heavy atom. The zero-order valence-electron chi connectivity index (χ0n) is 10.9. The molecule has 0 saturated carbocycles. The van der Waals surface area contributed by atoms with Crippen LogP contribution in [0.1, 0.15) is 6.92 Å². The van der Waals surface area contributed by atoms with E-state index in [1.54, 1.807) is 18.9 Å². The van der Waals surface area contributed by atoms with E-state index in [1.165, 1.54) is 0 Å². The number of nitrogens with one attached hydrogen (secondary N) is 1. The van der Waals surface area contributed by atoms with Crippen molar-refractivity contribution in [2.24, 2.45) is 5.92 Å². The molecule has 19 heavy (non-hydrogen) atoms. The van der Waals surface area contributed by atoms with Gasteiger partial charge >= 0.3 is 5.97 Å². The first-order chi connectivity index (χ1) is 8.88. The molecule has 0 aliphatic carbocycles.